The van der Waals surface area contributed by atoms with Crippen LogP contribution in [0.2, 0.25) is 0 Å². The average molecular weight is 773 g/mol. The number of ether oxygens (including phenoxy) is 1. The molecule has 292 valence electrons. The minimum Gasteiger partial charge on any atom is -0.464 e. The van der Waals surface area contributed by atoms with Crippen LogP contribution in [-0.2, 0) is 19.1 Å². The summed E-state index contributed by atoms with van der Waals surface area (Å²) in [6, 6.07) is -1.99. The third-order valence-electron chi connectivity index (χ3n) is 8.17. The van der Waals surface area contributed by atoms with E-state index in [0.717, 1.165) is 44.9 Å². The lowest BCUT2D eigenvalue weighted by atomic mass is 10.0. The van der Waals surface area contributed by atoms with E-state index in [0.29, 0.717) is 58.3 Å². The molecule has 0 aliphatic heterocycles. The molecule has 3 atom stereocenters. The molecule has 0 bridgehead atoms. The number of rotatable bonds is 32. The molecule has 0 aromatic rings. The topological polar surface area (TPSA) is 189 Å². The molecule has 0 fully saturated rings. The smallest absolute Gasteiger partial charge is 0.328 e. The predicted molar refractivity (Wildman–Crippen MR) is 211 cm³/mol. The Bertz CT molecular complexity index is 717. The molecule has 0 rings (SSSR count). The molecule has 0 saturated heterocycles. The summed E-state index contributed by atoms with van der Waals surface area (Å²) < 4.78 is 5.56. The Kier molecular flexibility index (Phi) is 50.4. The van der Waals surface area contributed by atoms with Crippen molar-refractivity contribution in [2.75, 3.05) is 26.2 Å². The Balaban J connectivity index is -0.00000154. The first-order chi connectivity index (χ1) is 21.4. The fourth-order valence-corrected chi connectivity index (χ4v) is 5.19. The van der Waals surface area contributed by atoms with Crippen molar-refractivity contribution in [1.29, 1.82) is 0 Å². The van der Waals surface area contributed by atoms with Crippen LogP contribution in [-0.4, -0.2) is 62.2 Å². The Morgan fingerprint density at radius 3 is 1.42 bits per heavy atom. The summed E-state index contributed by atoms with van der Waals surface area (Å²) >= 11 is 0. The highest BCUT2D eigenvalue weighted by Gasteiger charge is 2.24. The Labute approximate surface area is 317 Å². The Morgan fingerprint density at radius 1 is 0.542 bits per heavy atom. The van der Waals surface area contributed by atoms with Gasteiger partial charge < -0.3 is 38.3 Å². The molecule has 0 unspecified atom stereocenters. The average Bonchev–Trinajstić information content (AvgIpc) is 3.01. The van der Waals surface area contributed by atoms with Crippen LogP contribution in [0.25, 0.3) is 0 Å². The van der Waals surface area contributed by atoms with Gasteiger partial charge in [-0.05, 0) is 64.5 Å². The van der Waals surface area contributed by atoms with Crippen molar-refractivity contribution in [3.05, 3.63) is 0 Å². The summed E-state index contributed by atoms with van der Waals surface area (Å²) in [5.41, 5.74) is 23.0. The van der Waals surface area contributed by atoms with Crippen molar-refractivity contribution in [1.82, 2.24) is 10.6 Å². The zero-order valence-corrected chi connectivity index (χ0v) is 33.2. The van der Waals surface area contributed by atoms with E-state index in [4.69, 9.17) is 27.7 Å². The second-order valence-electron chi connectivity index (χ2n) is 12.4. The van der Waals surface area contributed by atoms with Crippen LogP contribution in [0.15, 0.2) is 0 Å². The lowest BCUT2D eigenvalue weighted by Crippen LogP contribution is -2.49. The number of carbonyl (C=O) groups is 3. The van der Waals surface area contributed by atoms with E-state index >= 15 is 0 Å². The van der Waals surface area contributed by atoms with Crippen LogP contribution in [0.1, 0.15) is 155 Å². The maximum atomic E-state index is 12.9. The molecule has 48 heavy (non-hydrogen) atoms. The second kappa shape index (κ2) is 42.6. The number of hydrogen-bond acceptors (Lipinski definition) is 8. The van der Waals surface area contributed by atoms with Gasteiger partial charge >= 0.3 is 5.97 Å². The maximum Gasteiger partial charge on any atom is 0.328 e. The van der Waals surface area contributed by atoms with E-state index in [2.05, 4.69) is 17.6 Å². The fraction of sp³-hybridized carbons (Fsp3) is 0.912. The highest BCUT2D eigenvalue weighted by molar-refractivity contribution is 5.87. The molecule has 0 aromatic carbocycles. The molecule has 0 aliphatic rings. The molecule has 0 aliphatic carbocycles. The number of halogens is 4. The van der Waals surface area contributed by atoms with Crippen molar-refractivity contribution in [2.45, 2.75) is 173 Å². The first-order valence-electron chi connectivity index (χ1n) is 18.0. The SMILES string of the molecule is CCCCCCCCCCCCCCCCOC(=O)[C@H](CCCCNC(=O)[C@@H](N)CCCCN)NC(=O)[C@@H](N)CCCCN.Cl.Cl.Cl.Cl. The molecule has 10 nitrogen and oxygen atoms in total. The zero-order valence-electron chi connectivity index (χ0n) is 29.9. The summed E-state index contributed by atoms with van der Waals surface area (Å²) in [7, 11) is 0. The molecule has 0 spiro atoms. The maximum absolute atomic E-state index is 12.9. The van der Waals surface area contributed by atoms with Gasteiger partial charge in [0.25, 0.3) is 0 Å². The number of amides is 2. The summed E-state index contributed by atoms with van der Waals surface area (Å²) in [6.45, 7) is 4.21. The van der Waals surface area contributed by atoms with E-state index in [1.165, 1.54) is 70.6 Å². The van der Waals surface area contributed by atoms with Crippen molar-refractivity contribution in [3.63, 3.8) is 0 Å². The molecule has 0 aromatic heterocycles. The molecule has 0 saturated carbocycles. The van der Waals surface area contributed by atoms with Crippen LogP contribution in [0.4, 0.5) is 0 Å². The molecular weight excluding hydrogens is 698 g/mol. The highest BCUT2D eigenvalue weighted by Crippen LogP contribution is 2.13. The summed E-state index contributed by atoms with van der Waals surface area (Å²) in [6.07, 6.45) is 23.8. The highest BCUT2D eigenvalue weighted by atomic mass is 35.5. The van der Waals surface area contributed by atoms with E-state index in [1.807, 2.05) is 0 Å². The number of unbranched alkanes of at least 4 members (excludes halogenated alkanes) is 16. The van der Waals surface area contributed by atoms with E-state index in [9.17, 15) is 14.4 Å². The van der Waals surface area contributed by atoms with Gasteiger partial charge in [-0.1, -0.05) is 103 Å². The fourth-order valence-electron chi connectivity index (χ4n) is 5.19. The van der Waals surface area contributed by atoms with Crippen LogP contribution in [0, 0.1) is 0 Å². The van der Waals surface area contributed by atoms with Gasteiger partial charge in [0.05, 0.1) is 18.7 Å². The second-order valence-corrected chi connectivity index (χ2v) is 12.4. The number of esters is 1. The number of carbonyl (C=O) groups excluding carboxylic acids is 3. The normalized spacial score (nSPS) is 12.2. The zero-order chi connectivity index (χ0) is 32.7. The minimum atomic E-state index is -0.760. The molecular formula is C34H74Cl4N6O4. The van der Waals surface area contributed by atoms with Crippen molar-refractivity contribution < 1.29 is 19.1 Å². The van der Waals surface area contributed by atoms with E-state index in [1.54, 1.807) is 0 Å². The number of nitrogens with one attached hydrogen (secondary N) is 2. The molecule has 0 heterocycles. The van der Waals surface area contributed by atoms with Gasteiger partial charge in [-0.2, -0.15) is 0 Å². The van der Waals surface area contributed by atoms with Crippen molar-refractivity contribution in [2.24, 2.45) is 22.9 Å². The number of hydrogen-bond donors (Lipinski definition) is 6. The standard InChI is InChI=1S/C34H70N6O4.4ClH/c1-2-3-4-5-6-7-8-9-10-11-12-13-14-21-28-44-34(43)31(40-33(42)30(38)23-16-19-26-36)24-17-20-27-39-32(41)29(37)22-15-18-25-35;;;;/h29-31H,2-28,35-38H2,1H3,(H,39,41)(H,40,42);4*1H/t29-,30-,31-;;;;/m0..../s1. The quantitative estimate of drug-likeness (QED) is 0.0336. The van der Waals surface area contributed by atoms with Gasteiger partial charge in [0, 0.05) is 6.54 Å². The molecule has 10 N–H and O–H groups in total. The van der Waals surface area contributed by atoms with E-state index < -0.39 is 24.1 Å². The molecule has 2 amide bonds. The number of nitrogens with two attached hydrogens (primary N) is 4. The first-order valence-corrected chi connectivity index (χ1v) is 18.0. The van der Waals surface area contributed by atoms with Gasteiger partial charge in [-0.3, -0.25) is 9.59 Å². The Morgan fingerprint density at radius 2 is 0.958 bits per heavy atom. The van der Waals surface area contributed by atoms with Crippen molar-refractivity contribution >= 4 is 67.4 Å². The third kappa shape index (κ3) is 35.2. The summed E-state index contributed by atoms with van der Waals surface area (Å²) in [4.78, 5) is 37.7. The van der Waals surface area contributed by atoms with Crippen LogP contribution >= 0.6 is 49.6 Å². The van der Waals surface area contributed by atoms with E-state index in [-0.39, 0.29) is 61.4 Å². The summed E-state index contributed by atoms with van der Waals surface area (Å²) in [5, 5.41) is 5.66. The van der Waals surface area contributed by atoms with Crippen LogP contribution < -0.4 is 33.6 Å². The first kappa shape index (κ1) is 56.8. The van der Waals surface area contributed by atoms with Crippen molar-refractivity contribution in [3.8, 4) is 0 Å². The van der Waals surface area contributed by atoms with Crippen LogP contribution in [0.5, 0.6) is 0 Å². The lowest BCUT2D eigenvalue weighted by molar-refractivity contribution is -0.148. The van der Waals surface area contributed by atoms with Gasteiger partial charge in [-0.25, -0.2) is 4.79 Å². The van der Waals surface area contributed by atoms with Gasteiger partial charge in [-0.15, -0.1) is 49.6 Å². The summed E-state index contributed by atoms with van der Waals surface area (Å²) in [5.74, 6) is -0.951. The Hall–Kier alpha value is -0.590. The van der Waals surface area contributed by atoms with Gasteiger partial charge in [0.2, 0.25) is 11.8 Å². The predicted octanol–water partition coefficient (Wildman–Crippen LogP) is 6.38. The largest absolute Gasteiger partial charge is 0.464 e. The minimum absolute atomic E-state index is 0. The van der Waals surface area contributed by atoms with Gasteiger partial charge in [0.1, 0.15) is 6.04 Å². The van der Waals surface area contributed by atoms with Gasteiger partial charge in [0.15, 0.2) is 0 Å². The monoisotopic (exact) mass is 770 g/mol. The van der Waals surface area contributed by atoms with Crippen LogP contribution in [0.3, 0.4) is 0 Å². The molecule has 0 radical (unpaired) electrons. The lowest BCUT2D eigenvalue weighted by Gasteiger charge is -2.20. The molecule has 14 heteroatoms. The third-order valence-corrected chi connectivity index (χ3v) is 8.17.